The normalized spacial score (nSPS) is 11.9. The molecule has 1 aromatic carbocycles. The van der Waals surface area contributed by atoms with E-state index in [2.05, 4.69) is 10.6 Å². The number of carbonyl (C=O) groups is 2. The van der Waals surface area contributed by atoms with Crippen molar-refractivity contribution in [1.29, 1.82) is 0 Å². The molecule has 144 valence electrons. The summed E-state index contributed by atoms with van der Waals surface area (Å²) >= 11 is 0. The lowest BCUT2D eigenvalue weighted by molar-refractivity contribution is -0.137. The zero-order valence-electron chi connectivity index (χ0n) is 14.1. The second kappa shape index (κ2) is 7.87. The quantitative estimate of drug-likeness (QED) is 0.636. The highest BCUT2D eigenvalue weighted by molar-refractivity contribution is 6.10. The van der Waals surface area contributed by atoms with Crippen molar-refractivity contribution < 1.29 is 31.6 Å². The van der Waals surface area contributed by atoms with Gasteiger partial charge in [-0.25, -0.2) is 0 Å². The number of furan rings is 2. The molecule has 2 N–H and O–H groups in total. The molecule has 0 aliphatic carbocycles. The first-order chi connectivity index (χ1) is 13.3. The van der Waals surface area contributed by atoms with Gasteiger partial charge in [0.25, 0.3) is 11.8 Å². The first kappa shape index (κ1) is 19.0. The van der Waals surface area contributed by atoms with Crippen LogP contribution in [0.15, 0.2) is 75.6 Å². The van der Waals surface area contributed by atoms with Gasteiger partial charge in [-0.1, -0.05) is 6.07 Å². The summed E-state index contributed by atoms with van der Waals surface area (Å²) in [4.78, 5) is 24.7. The summed E-state index contributed by atoms with van der Waals surface area (Å²) in [6.07, 6.45) is -0.666. The fraction of sp³-hybridized carbons (Fsp3) is 0.0526. The molecular formula is C19H13F3N2O4. The summed E-state index contributed by atoms with van der Waals surface area (Å²) in [5.41, 5.74) is -1.24. The van der Waals surface area contributed by atoms with Crippen LogP contribution in [0, 0.1) is 0 Å². The van der Waals surface area contributed by atoms with Gasteiger partial charge >= 0.3 is 6.18 Å². The molecule has 2 heterocycles. The van der Waals surface area contributed by atoms with Crippen molar-refractivity contribution in [3.05, 3.63) is 83.8 Å². The molecule has 0 aliphatic heterocycles. The Balaban J connectivity index is 1.84. The highest BCUT2D eigenvalue weighted by Crippen LogP contribution is 2.30. The van der Waals surface area contributed by atoms with E-state index in [1.54, 1.807) is 6.07 Å². The standard InChI is InChI=1S/C19H13F3N2O4/c20-19(21,22)12-4-1-5-13(10-12)23-17(25)15(11-14-6-2-8-27-14)24-18(26)16-7-3-9-28-16/h1-11H,(H,23,25)(H,24,26)/b15-11+. The number of carbonyl (C=O) groups excluding carboxylic acids is 2. The molecular weight excluding hydrogens is 377 g/mol. The molecule has 3 rings (SSSR count). The molecule has 28 heavy (non-hydrogen) atoms. The van der Waals surface area contributed by atoms with E-state index in [-0.39, 0.29) is 22.9 Å². The monoisotopic (exact) mass is 390 g/mol. The fourth-order valence-corrected chi connectivity index (χ4v) is 2.24. The van der Waals surface area contributed by atoms with Gasteiger partial charge in [0.2, 0.25) is 0 Å². The lowest BCUT2D eigenvalue weighted by atomic mass is 10.2. The Bertz CT molecular complexity index is 991. The molecule has 3 aromatic rings. The third-order valence-electron chi connectivity index (χ3n) is 3.52. The number of halogens is 3. The Morgan fingerprint density at radius 3 is 2.36 bits per heavy atom. The van der Waals surface area contributed by atoms with Crippen LogP contribution < -0.4 is 10.6 Å². The summed E-state index contributed by atoms with van der Waals surface area (Å²) < 4.78 is 48.6. The van der Waals surface area contributed by atoms with Crippen molar-refractivity contribution in [2.45, 2.75) is 6.18 Å². The Morgan fingerprint density at radius 2 is 1.71 bits per heavy atom. The zero-order valence-corrected chi connectivity index (χ0v) is 14.1. The third kappa shape index (κ3) is 4.70. The molecule has 0 spiro atoms. The maximum Gasteiger partial charge on any atom is 0.416 e. The number of rotatable bonds is 5. The SMILES string of the molecule is O=C(Nc1cccc(C(F)(F)F)c1)/C(=C\c1ccco1)NC(=O)c1ccco1. The molecule has 0 atom stereocenters. The first-order valence-electron chi connectivity index (χ1n) is 7.91. The maximum absolute atomic E-state index is 12.8. The highest BCUT2D eigenvalue weighted by atomic mass is 19.4. The Kier molecular flexibility index (Phi) is 5.35. The van der Waals surface area contributed by atoms with Crippen LogP contribution >= 0.6 is 0 Å². The van der Waals surface area contributed by atoms with Crippen LogP contribution in [0.1, 0.15) is 21.9 Å². The number of hydrogen-bond acceptors (Lipinski definition) is 4. The van der Waals surface area contributed by atoms with E-state index in [1.807, 2.05) is 0 Å². The molecule has 0 fully saturated rings. The van der Waals surface area contributed by atoms with Crippen molar-refractivity contribution in [3.63, 3.8) is 0 Å². The molecule has 0 saturated heterocycles. The van der Waals surface area contributed by atoms with E-state index < -0.39 is 23.6 Å². The molecule has 0 bridgehead atoms. The lowest BCUT2D eigenvalue weighted by Crippen LogP contribution is -2.30. The number of amides is 2. The van der Waals surface area contributed by atoms with Crippen LogP contribution in [-0.2, 0) is 11.0 Å². The Hall–Kier alpha value is -3.75. The van der Waals surface area contributed by atoms with Crippen molar-refractivity contribution in [2.75, 3.05) is 5.32 Å². The summed E-state index contributed by atoms with van der Waals surface area (Å²) in [5.74, 6) is -1.33. The second-order valence-electron chi connectivity index (χ2n) is 5.54. The van der Waals surface area contributed by atoms with Gasteiger partial charge in [0.05, 0.1) is 18.1 Å². The van der Waals surface area contributed by atoms with Gasteiger partial charge in [-0.15, -0.1) is 0 Å². The van der Waals surface area contributed by atoms with Gasteiger partial charge in [-0.3, -0.25) is 9.59 Å². The van der Waals surface area contributed by atoms with Gasteiger partial charge in [-0.2, -0.15) is 13.2 Å². The minimum Gasteiger partial charge on any atom is -0.465 e. The van der Waals surface area contributed by atoms with E-state index in [0.717, 1.165) is 18.2 Å². The lowest BCUT2D eigenvalue weighted by Gasteiger charge is -2.12. The number of hydrogen-bond donors (Lipinski definition) is 2. The molecule has 2 amide bonds. The number of nitrogens with one attached hydrogen (secondary N) is 2. The van der Waals surface area contributed by atoms with Gasteiger partial charge in [0.1, 0.15) is 11.5 Å². The minimum atomic E-state index is -4.55. The van der Waals surface area contributed by atoms with Gasteiger partial charge < -0.3 is 19.5 Å². The molecule has 0 radical (unpaired) electrons. The van der Waals surface area contributed by atoms with Crippen molar-refractivity contribution in [3.8, 4) is 0 Å². The van der Waals surface area contributed by atoms with E-state index in [9.17, 15) is 22.8 Å². The van der Waals surface area contributed by atoms with Crippen molar-refractivity contribution in [1.82, 2.24) is 5.32 Å². The molecule has 2 aromatic heterocycles. The Morgan fingerprint density at radius 1 is 0.964 bits per heavy atom. The van der Waals surface area contributed by atoms with Crippen molar-refractivity contribution in [2.24, 2.45) is 0 Å². The number of benzene rings is 1. The predicted octanol–water partition coefficient (Wildman–Crippen LogP) is 4.30. The van der Waals surface area contributed by atoms with Crippen LogP contribution in [0.5, 0.6) is 0 Å². The fourth-order valence-electron chi connectivity index (χ4n) is 2.24. The summed E-state index contributed by atoms with van der Waals surface area (Å²) in [6, 6.07) is 10.1. The smallest absolute Gasteiger partial charge is 0.416 e. The van der Waals surface area contributed by atoms with E-state index in [0.29, 0.717) is 0 Å². The van der Waals surface area contributed by atoms with Crippen LogP contribution in [0.4, 0.5) is 18.9 Å². The largest absolute Gasteiger partial charge is 0.465 e. The molecule has 0 unspecified atom stereocenters. The summed E-state index contributed by atoms with van der Waals surface area (Å²) in [5, 5.41) is 4.68. The van der Waals surface area contributed by atoms with Gasteiger partial charge in [0, 0.05) is 11.8 Å². The Labute approximate surface area is 156 Å². The zero-order chi connectivity index (χ0) is 20.1. The maximum atomic E-state index is 12.8. The van der Waals surface area contributed by atoms with Crippen LogP contribution in [-0.4, -0.2) is 11.8 Å². The van der Waals surface area contributed by atoms with Crippen LogP contribution in [0.25, 0.3) is 6.08 Å². The minimum absolute atomic E-state index is 0.0442. The molecule has 0 aliphatic rings. The molecule has 6 nitrogen and oxygen atoms in total. The van der Waals surface area contributed by atoms with Gasteiger partial charge in [-0.05, 0) is 42.5 Å². The average molecular weight is 390 g/mol. The van der Waals surface area contributed by atoms with Crippen LogP contribution in [0.2, 0.25) is 0 Å². The predicted molar refractivity (Wildman–Crippen MR) is 92.9 cm³/mol. The highest BCUT2D eigenvalue weighted by Gasteiger charge is 2.30. The van der Waals surface area contributed by atoms with E-state index in [1.165, 1.54) is 42.9 Å². The molecule has 9 heteroatoms. The van der Waals surface area contributed by atoms with E-state index >= 15 is 0 Å². The average Bonchev–Trinajstić information content (AvgIpc) is 3.34. The number of anilines is 1. The van der Waals surface area contributed by atoms with Crippen LogP contribution in [0.3, 0.4) is 0 Å². The topological polar surface area (TPSA) is 84.5 Å². The first-order valence-corrected chi connectivity index (χ1v) is 7.91. The summed E-state index contributed by atoms with van der Waals surface area (Å²) in [7, 11) is 0. The third-order valence-corrected chi connectivity index (χ3v) is 3.52. The summed E-state index contributed by atoms with van der Waals surface area (Å²) in [6.45, 7) is 0. The number of alkyl halides is 3. The molecule has 0 saturated carbocycles. The van der Waals surface area contributed by atoms with E-state index in [4.69, 9.17) is 8.83 Å². The van der Waals surface area contributed by atoms with Gasteiger partial charge in [0.15, 0.2) is 5.76 Å². The van der Waals surface area contributed by atoms with Crippen molar-refractivity contribution >= 4 is 23.6 Å². The second-order valence-corrected chi connectivity index (χ2v) is 5.54.